The molecular formula is C14H15FN4O3S. The van der Waals surface area contributed by atoms with Gasteiger partial charge in [-0.1, -0.05) is 6.07 Å². The molecule has 0 unspecified atom stereocenters. The number of nitrogens with one attached hydrogen (secondary N) is 1. The average molecular weight is 338 g/mol. The van der Waals surface area contributed by atoms with E-state index >= 15 is 0 Å². The van der Waals surface area contributed by atoms with Crippen molar-refractivity contribution in [1.29, 1.82) is 0 Å². The molecule has 0 fully saturated rings. The summed E-state index contributed by atoms with van der Waals surface area (Å²) in [6.07, 6.45) is 2.94. The van der Waals surface area contributed by atoms with Crippen LogP contribution in [0.1, 0.15) is 11.1 Å². The van der Waals surface area contributed by atoms with Gasteiger partial charge >= 0.3 is 6.03 Å². The Balaban J connectivity index is 1.93. The second kappa shape index (κ2) is 5.65. The maximum atomic E-state index is 12.6. The zero-order chi connectivity index (χ0) is 16.6. The molecule has 1 aliphatic heterocycles. The quantitative estimate of drug-likeness (QED) is 0.923. The summed E-state index contributed by atoms with van der Waals surface area (Å²) in [5, 5.41) is 6.50. The summed E-state index contributed by atoms with van der Waals surface area (Å²) in [5.41, 5.74) is 1.63. The summed E-state index contributed by atoms with van der Waals surface area (Å²) in [6, 6.07) is 4.03. The molecule has 0 atom stereocenters. The van der Waals surface area contributed by atoms with Crippen molar-refractivity contribution >= 4 is 21.7 Å². The van der Waals surface area contributed by atoms with E-state index in [0.29, 0.717) is 5.56 Å². The van der Waals surface area contributed by atoms with Crippen molar-refractivity contribution in [2.75, 3.05) is 12.0 Å². The highest BCUT2D eigenvalue weighted by Crippen LogP contribution is 2.31. The maximum Gasteiger partial charge on any atom is 0.336 e. The van der Waals surface area contributed by atoms with E-state index in [1.165, 1.54) is 23.1 Å². The van der Waals surface area contributed by atoms with Crippen molar-refractivity contribution in [1.82, 2.24) is 14.1 Å². The predicted octanol–water partition coefficient (Wildman–Crippen LogP) is 1.90. The van der Waals surface area contributed by atoms with E-state index in [1.54, 1.807) is 12.1 Å². The largest absolute Gasteiger partial charge is 0.336 e. The Morgan fingerprint density at radius 1 is 1.35 bits per heavy atom. The number of nitrogens with zero attached hydrogens (tertiary/aromatic N) is 3. The number of halogens is 1. The number of rotatable bonds is 4. The van der Waals surface area contributed by atoms with Gasteiger partial charge in [-0.2, -0.15) is 5.10 Å². The molecule has 23 heavy (non-hydrogen) atoms. The Bertz CT molecular complexity index is 863. The molecule has 0 aliphatic carbocycles. The van der Waals surface area contributed by atoms with Gasteiger partial charge in [0.25, 0.3) is 10.0 Å². The SMILES string of the molecule is Cc1ccc2c(c1)NC(=O)N(Cc1cnn(CCF)c1)S2(=O)=O. The predicted molar refractivity (Wildman–Crippen MR) is 81.1 cm³/mol. The number of hydrogen-bond acceptors (Lipinski definition) is 4. The van der Waals surface area contributed by atoms with Crippen LogP contribution >= 0.6 is 0 Å². The monoisotopic (exact) mass is 338 g/mol. The van der Waals surface area contributed by atoms with Crippen molar-refractivity contribution in [3.8, 4) is 0 Å². The third kappa shape index (κ3) is 2.79. The van der Waals surface area contributed by atoms with Crippen LogP contribution in [0.15, 0.2) is 35.5 Å². The number of aromatic nitrogens is 2. The molecule has 1 aromatic carbocycles. The Labute approximate surface area is 132 Å². The van der Waals surface area contributed by atoms with Crippen LogP contribution in [0.25, 0.3) is 0 Å². The average Bonchev–Trinajstić information content (AvgIpc) is 2.91. The number of alkyl halides is 1. The van der Waals surface area contributed by atoms with Crippen LogP contribution in [-0.4, -0.2) is 35.2 Å². The van der Waals surface area contributed by atoms with Crippen molar-refractivity contribution in [3.63, 3.8) is 0 Å². The third-order valence-corrected chi connectivity index (χ3v) is 5.28. The Kier molecular flexibility index (Phi) is 3.80. The zero-order valence-electron chi connectivity index (χ0n) is 12.4. The Morgan fingerprint density at radius 2 is 2.13 bits per heavy atom. The fraction of sp³-hybridized carbons (Fsp3) is 0.286. The summed E-state index contributed by atoms with van der Waals surface area (Å²) in [4.78, 5) is 12.2. The number of amides is 2. The first-order valence-corrected chi connectivity index (χ1v) is 8.37. The maximum absolute atomic E-state index is 12.6. The van der Waals surface area contributed by atoms with Crippen LogP contribution in [0.2, 0.25) is 0 Å². The summed E-state index contributed by atoms with van der Waals surface area (Å²) in [7, 11) is -3.94. The summed E-state index contributed by atoms with van der Waals surface area (Å²) in [5.74, 6) is 0. The van der Waals surface area contributed by atoms with Gasteiger partial charge in [-0.05, 0) is 24.6 Å². The van der Waals surface area contributed by atoms with Gasteiger partial charge in [0.15, 0.2) is 0 Å². The Hall–Kier alpha value is -2.42. The number of urea groups is 1. The number of sulfonamides is 1. The van der Waals surface area contributed by atoms with Gasteiger partial charge in [0.2, 0.25) is 0 Å². The van der Waals surface area contributed by atoms with E-state index < -0.39 is 22.7 Å². The molecule has 1 N–H and O–H groups in total. The number of benzene rings is 1. The summed E-state index contributed by atoms with van der Waals surface area (Å²) >= 11 is 0. The number of carbonyl (C=O) groups excluding carboxylic acids is 1. The van der Waals surface area contributed by atoms with E-state index in [2.05, 4.69) is 10.4 Å². The fourth-order valence-corrected chi connectivity index (χ4v) is 3.84. The lowest BCUT2D eigenvalue weighted by Crippen LogP contribution is -2.43. The number of anilines is 1. The van der Waals surface area contributed by atoms with Crippen molar-refractivity contribution in [2.24, 2.45) is 0 Å². The lowest BCUT2D eigenvalue weighted by Gasteiger charge is -2.28. The highest BCUT2D eigenvalue weighted by Gasteiger charge is 2.36. The first kappa shape index (κ1) is 15.5. The zero-order valence-corrected chi connectivity index (χ0v) is 13.2. The van der Waals surface area contributed by atoms with Crippen LogP contribution in [0.5, 0.6) is 0 Å². The third-order valence-electron chi connectivity index (χ3n) is 3.50. The fourth-order valence-electron chi connectivity index (χ4n) is 2.39. The molecule has 2 aromatic rings. The molecule has 9 heteroatoms. The van der Waals surface area contributed by atoms with Gasteiger partial charge in [-0.3, -0.25) is 4.68 Å². The number of hydrogen-bond donors (Lipinski definition) is 1. The first-order chi connectivity index (χ1) is 10.9. The standard InChI is InChI=1S/C14H15FN4O3S/c1-10-2-3-13-12(6-10)17-14(20)19(23(13,21)22)9-11-7-16-18(8-11)5-4-15/h2-3,6-8H,4-5,9H2,1H3,(H,17,20). The molecule has 3 rings (SSSR count). The van der Waals surface area contributed by atoms with Gasteiger partial charge in [0, 0.05) is 11.8 Å². The smallest absolute Gasteiger partial charge is 0.306 e. The van der Waals surface area contributed by atoms with Gasteiger partial charge in [-0.15, -0.1) is 0 Å². The molecule has 0 bridgehead atoms. The molecule has 2 amide bonds. The molecular weight excluding hydrogens is 323 g/mol. The van der Waals surface area contributed by atoms with E-state index in [-0.39, 0.29) is 23.7 Å². The summed E-state index contributed by atoms with van der Waals surface area (Å²) < 4.78 is 39.7. The molecule has 122 valence electrons. The molecule has 0 saturated carbocycles. The minimum absolute atomic E-state index is 0.0545. The van der Waals surface area contributed by atoms with Crippen LogP contribution < -0.4 is 5.32 Å². The molecule has 1 aliphatic rings. The number of carbonyl (C=O) groups is 1. The van der Waals surface area contributed by atoms with E-state index in [0.717, 1.165) is 9.87 Å². The normalized spacial score (nSPS) is 16.1. The van der Waals surface area contributed by atoms with Gasteiger partial charge in [0.05, 0.1) is 25.0 Å². The molecule has 0 radical (unpaired) electrons. The van der Waals surface area contributed by atoms with Crippen LogP contribution in [0.3, 0.4) is 0 Å². The number of aryl methyl sites for hydroxylation is 2. The molecule has 0 saturated heterocycles. The highest BCUT2D eigenvalue weighted by atomic mass is 32.2. The van der Waals surface area contributed by atoms with Gasteiger partial charge in [-0.25, -0.2) is 21.9 Å². The van der Waals surface area contributed by atoms with E-state index in [1.807, 2.05) is 6.92 Å². The topological polar surface area (TPSA) is 84.3 Å². The first-order valence-electron chi connectivity index (χ1n) is 6.93. The number of fused-ring (bicyclic) bond motifs is 1. The second-order valence-electron chi connectivity index (χ2n) is 5.24. The minimum Gasteiger partial charge on any atom is -0.306 e. The van der Waals surface area contributed by atoms with Crippen molar-refractivity contribution in [3.05, 3.63) is 41.7 Å². The molecule has 7 nitrogen and oxygen atoms in total. The lowest BCUT2D eigenvalue weighted by molar-refractivity contribution is 0.233. The van der Waals surface area contributed by atoms with E-state index in [4.69, 9.17) is 0 Å². The molecule has 2 heterocycles. The summed E-state index contributed by atoms with van der Waals surface area (Å²) in [6.45, 7) is 1.16. The van der Waals surface area contributed by atoms with Crippen molar-refractivity contribution in [2.45, 2.75) is 24.9 Å². The highest BCUT2D eigenvalue weighted by molar-refractivity contribution is 7.90. The Morgan fingerprint density at radius 3 is 2.87 bits per heavy atom. The van der Waals surface area contributed by atoms with Gasteiger partial charge in [0.1, 0.15) is 11.6 Å². The second-order valence-corrected chi connectivity index (χ2v) is 7.07. The van der Waals surface area contributed by atoms with Crippen LogP contribution in [0.4, 0.5) is 14.9 Å². The lowest BCUT2D eigenvalue weighted by atomic mass is 10.2. The van der Waals surface area contributed by atoms with Crippen LogP contribution in [0, 0.1) is 6.92 Å². The molecule has 1 aromatic heterocycles. The van der Waals surface area contributed by atoms with E-state index in [9.17, 15) is 17.6 Å². The molecule has 0 spiro atoms. The van der Waals surface area contributed by atoms with Crippen LogP contribution in [-0.2, 0) is 23.1 Å². The van der Waals surface area contributed by atoms with Gasteiger partial charge < -0.3 is 5.32 Å². The minimum atomic E-state index is -3.94. The van der Waals surface area contributed by atoms with Crippen molar-refractivity contribution < 1.29 is 17.6 Å².